The van der Waals surface area contributed by atoms with E-state index in [2.05, 4.69) is 10.6 Å². The van der Waals surface area contributed by atoms with Gasteiger partial charge in [0.2, 0.25) is 17.7 Å². The molecule has 0 aromatic rings. The van der Waals surface area contributed by atoms with Crippen molar-refractivity contribution in [3.8, 4) is 0 Å². The second-order valence-corrected chi connectivity index (χ2v) is 10.3. The van der Waals surface area contributed by atoms with Gasteiger partial charge < -0.3 is 36.1 Å². The first-order valence-corrected chi connectivity index (χ1v) is 15.2. The maximum atomic E-state index is 11.9. The number of nitrogens with one attached hydrogen (secondary N) is 2. The first-order chi connectivity index (χ1) is 19.7. The van der Waals surface area contributed by atoms with Gasteiger partial charge >= 0.3 is 11.9 Å². The molecule has 0 unspecified atom stereocenters. The topological polar surface area (TPSA) is 194 Å². The summed E-state index contributed by atoms with van der Waals surface area (Å²) in [6, 6.07) is -1.20. The highest BCUT2D eigenvalue weighted by molar-refractivity contribution is 5.84. The quantitative estimate of drug-likeness (QED) is 0.0784. The SMILES string of the molecule is NC(=O)CC[C@H](NC(=O)COCCOCCNC(=O)CCCCCCCCCCCCCCCCC(=O)O)C(=O)O. The summed E-state index contributed by atoms with van der Waals surface area (Å²) in [4.78, 5) is 56.0. The van der Waals surface area contributed by atoms with Crippen molar-refractivity contribution in [3.05, 3.63) is 0 Å². The predicted octanol–water partition coefficient (Wildman–Crippen LogP) is 3.30. The van der Waals surface area contributed by atoms with Gasteiger partial charge in [-0.05, 0) is 19.3 Å². The van der Waals surface area contributed by atoms with Crippen LogP contribution in [0.4, 0.5) is 0 Å². The Morgan fingerprint density at radius 2 is 1.10 bits per heavy atom. The highest BCUT2D eigenvalue weighted by Crippen LogP contribution is 2.13. The minimum atomic E-state index is -1.25. The lowest BCUT2D eigenvalue weighted by molar-refractivity contribution is -0.143. The number of rotatable bonds is 30. The van der Waals surface area contributed by atoms with E-state index in [1.165, 1.54) is 51.4 Å². The van der Waals surface area contributed by atoms with Crippen molar-refractivity contribution in [2.24, 2.45) is 5.73 Å². The molecular formula is C29H53N3O9. The Kier molecular flexibility index (Phi) is 25.6. The van der Waals surface area contributed by atoms with Gasteiger partial charge in [-0.15, -0.1) is 0 Å². The second-order valence-electron chi connectivity index (χ2n) is 10.3. The standard InChI is InChI=1S/C29H53N3O9/c30-25(33)18-17-24(29(38)39)32-27(35)23-41-22-21-40-20-19-31-26(34)15-13-11-9-7-5-3-1-2-4-6-8-10-12-14-16-28(36)37/h24H,1-23H2,(H2,30,33)(H,31,34)(H,32,35)(H,36,37)(H,38,39)/t24-/m0/s1. The normalized spacial score (nSPS) is 11.6. The van der Waals surface area contributed by atoms with E-state index in [0.717, 1.165) is 38.5 Å². The lowest BCUT2D eigenvalue weighted by Gasteiger charge is -2.13. The van der Waals surface area contributed by atoms with E-state index in [0.29, 0.717) is 26.0 Å². The van der Waals surface area contributed by atoms with Gasteiger partial charge in [0.05, 0.1) is 19.8 Å². The minimum Gasteiger partial charge on any atom is -0.481 e. The van der Waals surface area contributed by atoms with Crippen molar-refractivity contribution in [2.75, 3.05) is 33.0 Å². The molecule has 0 aliphatic heterocycles. The third-order valence-corrected chi connectivity index (χ3v) is 6.53. The molecule has 6 N–H and O–H groups in total. The number of carbonyl (C=O) groups excluding carboxylic acids is 3. The summed E-state index contributed by atoms with van der Waals surface area (Å²) in [6.45, 7) is 0.744. The summed E-state index contributed by atoms with van der Waals surface area (Å²) in [6.07, 6.45) is 16.6. The Morgan fingerprint density at radius 1 is 0.610 bits per heavy atom. The van der Waals surface area contributed by atoms with Crippen LogP contribution in [0.15, 0.2) is 0 Å². The fourth-order valence-electron chi connectivity index (χ4n) is 4.20. The first-order valence-electron chi connectivity index (χ1n) is 15.2. The number of primary amides is 1. The summed E-state index contributed by atoms with van der Waals surface area (Å²) in [5.41, 5.74) is 5.00. The maximum absolute atomic E-state index is 11.9. The lowest BCUT2D eigenvalue weighted by Crippen LogP contribution is -2.43. The molecule has 0 bridgehead atoms. The van der Waals surface area contributed by atoms with Gasteiger partial charge in [0.25, 0.3) is 0 Å². The van der Waals surface area contributed by atoms with E-state index in [9.17, 15) is 24.0 Å². The predicted molar refractivity (Wildman–Crippen MR) is 154 cm³/mol. The van der Waals surface area contributed by atoms with Crippen LogP contribution in [0.1, 0.15) is 116 Å². The van der Waals surface area contributed by atoms with Crippen molar-refractivity contribution in [1.29, 1.82) is 0 Å². The van der Waals surface area contributed by atoms with Gasteiger partial charge in [-0.3, -0.25) is 19.2 Å². The van der Waals surface area contributed by atoms with Gasteiger partial charge in [-0.2, -0.15) is 0 Å². The highest BCUT2D eigenvalue weighted by Gasteiger charge is 2.20. The van der Waals surface area contributed by atoms with Crippen LogP contribution in [0.3, 0.4) is 0 Å². The van der Waals surface area contributed by atoms with Crippen LogP contribution < -0.4 is 16.4 Å². The third-order valence-electron chi connectivity index (χ3n) is 6.53. The van der Waals surface area contributed by atoms with Crippen molar-refractivity contribution < 1.29 is 43.7 Å². The zero-order valence-corrected chi connectivity index (χ0v) is 24.7. The minimum absolute atomic E-state index is 0.00715. The molecule has 41 heavy (non-hydrogen) atoms. The monoisotopic (exact) mass is 587 g/mol. The van der Waals surface area contributed by atoms with Crippen molar-refractivity contribution in [2.45, 2.75) is 122 Å². The molecule has 0 heterocycles. The Hall–Kier alpha value is -2.73. The van der Waals surface area contributed by atoms with Crippen LogP contribution in [-0.4, -0.2) is 78.9 Å². The number of amides is 3. The van der Waals surface area contributed by atoms with Crippen LogP contribution in [0, 0.1) is 0 Å². The summed E-state index contributed by atoms with van der Waals surface area (Å²) in [5.74, 6) is -3.20. The van der Waals surface area contributed by atoms with E-state index in [4.69, 9.17) is 25.4 Å². The molecule has 0 saturated carbocycles. The van der Waals surface area contributed by atoms with Crippen LogP contribution in [0.2, 0.25) is 0 Å². The molecule has 12 nitrogen and oxygen atoms in total. The van der Waals surface area contributed by atoms with Crippen LogP contribution in [0.25, 0.3) is 0 Å². The van der Waals surface area contributed by atoms with E-state index < -0.39 is 29.8 Å². The Bertz CT molecular complexity index is 734. The van der Waals surface area contributed by atoms with Gasteiger partial charge in [-0.25, -0.2) is 4.79 Å². The molecule has 3 amide bonds. The number of unbranched alkanes of at least 4 members (excludes halogenated alkanes) is 13. The average molecular weight is 588 g/mol. The number of aliphatic carboxylic acids is 2. The molecule has 12 heteroatoms. The van der Waals surface area contributed by atoms with Gasteiger partial charge in [0.1, 0.15) is 12.6 Å². The highest BCUT2D eigenvalue weighted by atomic mass is 16.5. The fourth-order valence-corrected chi connectivity index (χ4v) is 4.20. The van der Waals surface area contributed by atoms with Gasteiger partial charge in [0, 0.05) is 25.8 Å². The number of hydrogen-bond acceptors (Lipinski definition) is 7. The maximum Gasteiger partial charge on any atom is 0.326 e. The van der Waals surface area contributed by atoms with Crippen molar-refractivity contribution >= 4 is 29.7 Å². The van der Waals surface area contributed by atoms with Crippen LogP contribution in [0.5, 0.6) is 0 Å². The summed E-state index contributed by atoms with van der Waals surface area (Å²) >= 11 is 0. The van der Waals surface area contributed by atoms with E-state index in [1.807, 2.05) is 0 Å². The molecule has 238 valence electrons. The second kappa shape index (κ2) is 27.4. The smallest absolute Gasteiger partial charge is 0.326 e. The molecule has 0 aromatic heterocycles. The first kappa shape index (κ1) is 38.3. The summed E-state index contributed by atoms with van der Waals surface area (Å²) in [5, 5.41) is 22.8. The van der Waals surface area contributed by atoms with Crippen LogP contribution in [-0.2, 0) is 33.4 Å². The zero-order chi connectivity index (χ0) is 30.6. The van der Waals surface area contributed by atoms with E-state index in [-0.39, 0.29) is 38.6 Å². The number of ether oxygens (including phenoxy) is 2. The van der Waals surface area contributed by atoms with Gasteiger partial charge in [0.15, 0.2) is 0 Å². The molecule has 1 atom stereocenters. The van der Waals surface area contributed by atoms with Crippen LogP contribution >= 0.6 is 0 Å². The number of hydrogen-bond donors (Lipinski definition) is 5. The molecule has 0 rings (SSSR count). The zero-order valence-electron chi connectivity index (χ0n) is 24.7. The fraction of sp³-hybridized carbons (Fsp3) is 0.828. The number of carboxylic acids is 2. The third kappa shape index (κ3) is 28.6. The molecule has 0 spiro atoms. The summed E-state index contributed by atoms with van der Waals surface area (Å²) in [7, 11) is 0. The molecule has 0 aliphatic carbocycles. The Morgan fingerprint density at radius 3 is 1.59 bits per heavy atom. The molecule has 0 aliphatic rings. The Balaban J connectivity index is 3.42. The molecule has 0 saturated heterocycles. The number of nitrogens with two attached hydrogens (primary N) is 1. The molecule has 0 radical (unpaired) electrons. The van der Waals surface area contributed by atoms with E-state index in [1.54, 1.807) is 0 Å². The molecule has 0 aromatic carbocycles. The Labute approximate surface area is 244 Å². The molecular weight excluding hydrogens is 534 g/mol. The lowest BCUT2D eigenvalue weighted by atomic mass is 10.0. The number of carbonyl (C=O) groups is 5. The molecule has 0 fully saturated rings. The van der Waals surface area contributed by atoms with Crippen molar-refractivity contribution in [1.82, 2.24) is 10.6 Å². The van der Waals surface area contributed by atoms with Crippen molar-refractivity contribution in [3.63, 3.8) is 0 Å². The average Bonchev–Trinajstić information content (AvgIpc) is 2.91. The number of carboxylic acid groups (broad SMARTS) is 2. The summed E-state index contributed by atoms with van der Waals surface area (Å²) < 4.78 is 10.5. The largest absolute Gasteiger partial charge is 0.481 e. The van der Waals surface area contributed by atoms with Gasteiger partial charge in [-0.1, -0.05) is 77.0 Å². The van der Waals surface area contributed by atoms with E-state index >= 15 is 0 Å².